The maximum absolute atomic E-state index is 12.7. The SMILES string of the molecule is C[S+]([O-])COC(=O)c1cc(Oc2ccc(C(F)(F)F)cc2Cl)ccc1[N+](=O)[O-]. The predicted molar refractivity (Wildman–Crippen MR) is 94.0 cm³/mol. The van der Waals surface area contributed by atoms with Crippen LogP contribution in [0.25, 0.3) is 0 Å². The Morgan fingerprint density at radius 1 is 1.25 bits per heavy atom. The Kier molecular flexibility index (Phi) is 6.75. The van der Waals surface area contributed by atoms with E-state index in [4.69, 9.17) is 21.1 Å². The van der Waals surface area contributed by atoms with Gasteiger partial charge in [0.25, 0.3) is 5.69 Å². The lowest BCUT2D eigenvalue weighted by Gasteiger charge is -2.12. The van der Waals surface area contributed by atoms with Gasteiger partial charge in [-0.05, 0) is 35.4 Å². The van der Waals surface area contributed by atoms with Gasteiger partial charge in [0.15, 0.2) is 0 Å². The molecule has 0 aliphatic heterocycles. The number of esters is 1. The van der Waals surface area contributed by atoms with Crippen LogP contribution in [-0.4, -0.2) is 27.6 Å². The molecule has 2 aromatic carbocycles. The maximum atomic E-state index is 12.7. The quantitative estimate of drug-likeness (QED) is 0.284. The molecule has 0 radical (unpaired) electrons. The number of carbonyl (C=O) groups is 1. The molecular formula is C16H11ClF3NO6S. The lowest BCUT2D eigenvalue weighted by atomic mass is 10.1. The zero-order valence-electron chi connectivity index (χ0n) is 14.0. The van der Waals surface area contributed by atoms with Crippen LogP contribution in [0.3, 0.4) is 0 Å². The van der Waals surface area contributed by atoms with Crippen molar-refractivity contribution in [1.82, 2.24) is 0 Å². The van der Waals surface area contributed by atoms with Crippen LogP contribution in [0, 0.1) is 10.1 Å². The van der Waals surface area contributed by atoms with Crippen LogP contribution in [0.2, 0.25) is 5.02 Å². The van der Waals surface area contributed by atoms with Crippen molar-refractivity contribution in [2.45, 2.75) is 6.18 Å². The number of hydrogen-bond donors (Lipinski definition) is 0. The lowest BCUT2D eigenvalue weighted by molar-refractivity contribution is -0.385. The van der Waals surface area contributed by atoms with Gasteiger partial charge in [0.1, 0.15) is 17.1 Å². The average Bonchev–Trinajstić information content (AvgIpc) is 2.60. The molecule has 2 aromatic rings. The van der Waals surface area contributed by atoms with Gasteiger partial charge in [0.2, 0.25) is 5.94 Å². The monoisotopic (exact) mass is 437 g/mol. The fraction of sp³-hybridized carbons (Fsp3) is 0.188. The third kappa shape index (κ3) is 5.50. The molecule has 0 heterocycles. The Bertz CT molecular complexity index is 906. The van der Waals surface area contributed by atoms with Crippen molar-refractivity contribution in [1.29, 1.82) is 0 Å². The first kappa shape index (κ1) is 21.8. The second kappa shape index (κ2) is 8.67. The number of alkyl halides is 3. The number of benzene rings is 2. The van der Waals surface area contributed by atoms with Gasteiger partial charge in [-0.3, -0.25) is 10.1 Å². The van der Waals surface area contributed by atoms with Gasteiger partial charge in [0, 0.05) is 12.1 Å². The molecule has 0 spiro atoms. The van der Waals surface area contributed by atoms with Crippen LogP contribution in [0.4, 0.5) is 18.9 Å². The predicted octanol–water partition coefficient (Wildman–Crippen LogP) is 4.55. The van der Waals surface area contributed by atoms with Gasteiger partial charge < -0.3 is 14.0 Å². The maximum Gasteiger partial charge on any atom is 0.416 e. The van der Waals surface area contributed by atoms with Crippen LogP contribution in [0.1, 0.15) is 15.9 Å². The van der Waals surface area contributed by atoms with Gasteiger partial charge in [-0.25, -0.2) is 4.79 Å². The highest BCUT2D eigenvalue weighted by atomic mass is 35.5. The fourth-order valence-electron chi connectivity index (χ4n) is 2.00. The minimum Gasteiger partial charge on any atom is -0.614 e. The summed E-state index contributed by atoms with van der Waals surface area (Å²) in [6.07, 6.45) is -3.32. The number of nitro groups is 1. The van der Waals surface area contributed by atoms with Gasteiger partial charge in [0.05, 0.1) is 21.8 Å². The van der Waals surface area contributed by atoms with Crippen LogP contribution >= 0.6 is 11.6 Å². The Labute approximate surface area is 164 Å². The van der Waals surface area contributed by atoms with E-state index in [0.717, 1.165) is 30.3 Å². The van der Waals surface area contributed by atoms with E-state index < -0.39 is 51.0 Å². The van der Waals surface area contributed by atoms with E-state index in [-0.39, 0.29) is 16.5 Å². The van der Waals surface area contributed by atoms with Crippen LogP contribution in [-0.2, 0) is 22.1 Å². The summed E-state index contributed by atoms with van der Waals surface area (Å²) in [5, 5.41) is 10.7. The van der Waals surface area contributed by atoms with Gasteiger partial charge >= 0.3 is 12.1 Å². The highest BCUT2D eigenvalue weighted by Crippen LogP contribution is 2.37. The fourth-order valence-corrected chi connectivity index (χ4v) is 2.49. The smallest absolute Gasteiger partial charge is 0.416 e. The number of ether oxygens (including phenoxy) is 2. The Balaban J connectivity index is 2.33. The summed E-state index contributed by atoms with van der Waals surface area (Å²) in [6.45, 7) is 0. The second-order valence-electron chi connectivity index (χ2n) is 5.30. The second-order valence-corrected chi connectivity index (χ2v) is 7.09. The summed E-state index contributed by atoms with van der Waals surface area (Å²) < 4.78 is 59.1. The molecule has 7 nitrogen and oxygen atoms in total. The molecule has 28 heavy (non-hydrogen) atoms. The molecule has 2 rings (SSSR count). The molecular weight excluding hydrogens is 427 g/mol. The number of rotatable bonds is 6. The Hall–Kier alpha value is -2.50. The molecule has 1 atom stereocenters. The molecule has 0 bridgehead atoms. The normalized spacial score (nSPS) is 12.4. The van der Waals surface area contributed by atoms with E-state index in [0.29, 0.717) is 6.07 Å². The molecule has 0 saturated heterocycles. The third-order valence-corrected chi connectivity index (χ3v) is 3.97. The van der Waals surface area contributed by atoms with Crippen molar-refractivity contribution in [3.63, 3.8) is 0 Å². The van der Waals surface area contributed by atoms with Gasteiger partial charge in [-0.2, -0.15) is 13.2 Å². The third-order valence-electron chi connectivity index (χ3n) is 3.23. The summed E-state index contributed by atoms with van der Waals surface area (Å²) in [7, 11) is 0. The number of nitrogens with zero attached hydrogens (tertiary/aromatic N) is 1. The van der Waals surface area contributed by atoms with Crippen molar-refractivity contribution in [3.8, 4) is 11.5 Å². The molecule has 0 aromatic heterocycles. The largest absolute Gasteiger partial charge is 0.614 e. The molecule has 12 heteroatoms. The zero-order chi connectivity index (χ0) is 21.1. The van der Waals surface area contributed by atoms with Crippen LogP contribution < -0.4 is 4.74 Å². The molecule has 1 unspecified atom stereocenters. The molecule has 0 aliphatic rings. The minimum absolute atomic E-state index is 0.100. The average molecular weight is 438 g/mol. The van der Waals surface area contributed by atoms with Crippen molar-refractivity contribution < 1.29 is 36.9 Å². The molecule has 150 valence electrons. The van der Waals surface area contributed by atoms with Crippen LogP contribution in [0.15, 0.2) is 36.4 Å². The van der Waals surface area contributed by atoms with Gasteiger partial charge in [-0.1, -0.05) is 11.6 Å². The van der Waals surface area contributed by atoms with E-state index in [1.807, 2.05) is 0 Å². The number of carbonyl (C=O) groups excluding carboxylic acids is 1. The van der Waals surface area contributed by atoms with Crippen molar-refractivity contribution >= 4 is 34.4 Å². The van der Waals surface area contributed by atoms with Crippen molar-refractivity contribution in [2.24, 2.45) is 0 Å². The highest BCUT2D eigenvalue weighted by Gasteiger charge is 2.31. The van der Waals surface area contributed by atoms with Gasteiger partial charge in [-0.15, -0.1) is 0 Å². The molecule has 0 aliphatic carbocycles. The molecule has 0 fully saturated rings. The Morgan fingerprint density at radius 2 is 1.93 bits per heavy atom. The molecule has 0 amide bonds. The number of halogens is 4. The van der Waals surface area contributed by atoms with Crippen molar-refractivity contribution in [2.75, 3.05) is 12.2 Å². The summed E-state index contributed by atoms with van der Waals surface area (Å²) >= 11 is 4.31. The van der Waals surface area contributed by atoms with E-state index in [1.54, 1.807) is 0 Å². The number of nitro benzene ring substituents is 1. The molecule has 0 saturated carbocycles. The van der Waals surface area contributed by atoms with E-state index in [1.165, 1.54) is 6.26 Å². The minimum atomic E-state index is -4.59. The standard InChI is InChI=1S/C16H11ClF3NO6S/c1-28(25)8-26-15(22)11-7-10(3-4-13(11)21(23)24)27-14-5-2-9(6-12(14)17)16(18,19)20/h2-7H,8H2,1H3. The first-order chi connectivity index (χ1) is 13.0. The molecule has 0 N–H and O–H groups in total. The van der Waals surface area contributed by atoms with Crippen molar-refractivity contribution in [3.05, 3.63) is 62.7 Å². The first-order valence-electron chi connectivity index (χ1n) is 7.29. The summed E-state index contributed by atoms with van der Waals surface area (Å²) in [4.78, 5) is 22.3. The lowest BCUT2D eigenvalue weighted by Crippen LogP contribution is -2.14. The number of hydrogen-bond acceptors (Lipinski definition) is 6. The zero-order valence-corrected chi connectivity index (χ0v) is 15.6. The highest BCUT2D eigenvalue weighted by molar-refractivity contribution is 7.90. The van der Waals surface area contributed by atoms with Crippen LogP contribution in [0.5, 0.6) is 11.5 Å². The van der Waals surface area contributed by atoms with E-state index >= 15 is 0 Å². The topological polar surface area (TPSA) is 102 Å². The summed E-state index contributed by atoms with van der Waals surface area (Å²) in [6, 6.07) is 5.47. The first-order valence-corrected chi connectivity index (χ1v) is 9.39. The Morgan fingerprint density at radius 3 is 2.46 bits per heavy atom. The summed E-state index contributed by atoms with van der Waals surface area (Å²) in [5.74, 6) is -1.83. The van der Waals surface area contributed by atoms with E-state index in [2.05, 4.69) is 0 Å². The summed E-state index contributed by atoms with van der Waals surface area (Å²) in [5.41, 5.74) is -2.04. The van der Waals surface area contributed by atoms with E-state index in [9.17, 15) is 32.6 Å².